The van der Waals surface area contributed by atoms with E-state index in [9.17, 15) is 16.8 Å². The molecule has 0 radical (unpaired) electrons. The Morgan fingerprint density at radius 2 is 1.16 bits per heavy atom. The number of alkyl halides is 6. The van der Waals surface area contributed by atoms with Gasteiger partial charge in [0.05, 0.1) is 43.4 Å². The highest BCUT2D eigenvalue weighted by atomic mass is 35.6. The molecule has 0 amide bonds. The van der Waals surface area contributed by atoms with E-state index >= 15 is 0 Å². The molecule has 0 saturated heterocycles. The highest BCUT2D eigenvalue weighted by molar-refractivity contribution is 7.82. The molecule has 2 aromatic heterocycles. The topological polar surface area (TPSA) is 154 Å². The molecule has 7 rings (SSSR count). The van der Waals surface area contributed by atoms with Crippen LogP contribution in [0.25, 0.3) is 55.0 Å². The van der Waals surface area contributed by atoms with Crippen LogP contribution in [0.2, 0.25) is 0 Å². The second kappa shape index (κ2) is 18.2. The Morgan fingerprint density at radius 1 is 0.613 bits per heavy atom. The average Bonchev–Trinajstić information content (AvgIpc) is 3.80. The second-order valence-corrected chi connectivity index (χ2v) is 21.0. The zero-order chi connectivity index (χ0) is 44.6. The first-order chi connectivity index (χ1) is 29.3. The number of hydrogen-bond donors (Lipinski definition) is 1. The van der Waals surface area contributed by atoms with Gasteiger partial charge in [0.15, 0.2) is 11.5 Å². The van der Waals surface area contributed by atoms with Crippen molar-refractivity contribution in [2.75, 3.05) is 34.5 Å². The van der Waals surface area contributed by atoms with Crippen LogP contribution in [0.3, 0.4) is 0 Å². The van der Waals surface area contributed by atoms with Gasteiger partial charge < -0.3 is 32.1 Å². The maximum absolute atomic E-state index is 13.0. The zero-order valence-electron chi connectivity index (χ0n) is 32.6. The van der Waals surface area contributed by atoms with Gasteiger partial charge in [-0.1, -0.05) is 118 Å². The predicted molar refractivity (Wildman–Crippen MR) is 244 cm³/mol. The molecule has 21 heteroatoms. The standard InChI is InChI=1S/C41H34Cl6N2O11S2/c1-54-27-15-9-25(10-16-27)31-21-49(20-19-24-7-13-29(14-8-24)59-61(50,51)57-22-40(42,43)44)38-33(26-11-17-28(55-2)18-12-26)39(56-3)37-34(35(31)38)30-5-4-6-32(36(30)48-37)60-62(52,53)58-23-41(45,46)47/h4-18,21,48H,19-20,22-23H2,1-3H3. The van der Waals surface area contributed by atoms with E-state index < -0.39 is 41.6 Å². The van der Waals surface area contributed by atoms with Gasteiger partial charge in [-0.15, -0.1) is 0 Å². The Kier molecular flexibility index (Phi) is 13.5. The largest absolute Gasteiger partial charge is 0.497 e. The van der Waals surface area contributed by atoms with E-state index in [0.29, 0.717) is 57.6 Å². The molecule has 13 nitrogen and oxygen atoms in total. The van der Waals surface area contributed by atoms with Crippen molar-refractivity contribution in [2.24, 2.45) is 0 Å². The fraction of sp³-hybridized carbons (Fsp3) is 0.220. The van der Waals surface area contributed by atoms with E-state index in [0.717, 1.165) is 33.2 Å². The Bertz CT molecular complexity index is 2970. The van der Waals surface area contributed by atoms with E-state index in [-0.39, 0.29) is 11.5 Å². The first-order valence-corrected chi connectivity index (χ1v) is 23.1. The van der Waals surface area contributed by atoms with Crippen molar-refractivity contribution in [2.45, 2.75) is 20.6 Å². The molecule has 0 aliphatic carbocycles. The van der Waals surface area contributed by atoms with Crippen LogP contribution in [-0.2, 0) is 42.1 Å². The Morgan fingerprint density at radius 3 is 1.71 bits per heavy atom. The number of hydrogen-bond acceptors (Lipinski definition) is 11. The third-order valence-electron chi connectivity index (χ3n) is 9.49. The number of ether oxygens (including phenoxy) is 3. The van der Waals surface area contributed by atoms with Crippen LogP contribution in [0.1, 0.15) is 5.56 Å². The van der Waals surface area contributed by atoms with E-state index in [1.54, 1.807) is 39.5 Å². The zero-order valence-corrected chi connectivity index (χ0v) is 38.8. The molecule has 0 unspecified atom stereocenters. The number of H-pyrrole nitrogens is 1. The van der Waals surface area contributed by atoms with Gasteiger partial charge in [0.25, 0.3) is 0 Å². The smallest absolute Gasteiger partial charge is 0.449 e. The van der Waals surface area contributed by atoms with E-state index in [2.05, 4.69) is 13.7 Å². The normalized spacial score (nSPS) is 12.6. The van der Waals surface area contributed by atoms with Crippen LogP contribution in [0.5, 0.6) is 28.7 Å². The number of nitrogens with one attached hydrogen (secondary N) is 1. The number of nitrogens with zero attached hydrogens (tertiary/aromatic N) is 1. The number of fused-ring (bicyclic) bond motifs is 5. The Balaban J connectivity index is 1.42. The summed E-state index contributed by atoms with van der Waals surface area (Å²) in [6.07, 6.45) is 2.52. The molecular weight excluding hydrogens is 973 g/mol. The molecule has 0 aliphatic heterocycles. The fourth-order valence-electron chi connectivity index (χ4n) is 6.91. The molecule has 0 saturated carbocycles. The van der Waals surface area contributed by atoms with Gasteiger partial charge >= 0.3 is 20.8 Å². The minimum atomic E-state index is -4.71. The first-order valence-electron chi connectivity index (χ1n) is 18.1. The van der Waals surface area contributed by atoms with Gasteiger partial charge in [0.1, 0.15) is 30.5 Å². The summed E-state index contributed by atoms with van der Waals surface area (Å²) < 4.78 is 86.2. The summed E-state index contributed by atoms with van der Waals surface area (Å²) in [6, 6.07) is 26.5. The summed E-state index contributed by atoms with van der Waals surface area (Å²) in [5.41, 5.74) is 5.69. The summed E-state index contributed by atoms with van der Waals surface area (Å²) in [6.45, 7) is -1.10. The summed E-state index contributed by atoms with van der Waals surface area (Å²) >= 11 is 34.2. The lowest BCUT2D eigenvalue weighted by Gasteiger charge is -2.16. The van der Waals surface area contributed by atoms with Crippen molar-refractivity contribution < 1.29 is 47.8 Å². The van der Waals surface area contributed by atoms with E-state index in [4.69, 9.17) is 96.4 Å². The lowest BCUT2D eigenvalue weighted by Crippen LogP contribution is -2.21. The highest BCUT2D eigenvalue weighted by Gasteiger charge is 2.30. The first kappa shape index (κ1) is 46.0. The molecule has 7 aromatic rings. The number of aromatic nitrogens is 2. The number of halogens is 6. The van der Waals surface area contributed by atoms with Gasteiger partial charge in [0, 0.05) is 34.5 Å². The second-order valence-electron chi connectivity index (χ2n) is 13.5. The number of para-hydroxylation sites is 1. The summed E-state index contributed by atoms with van der Waals surface area (Å²) in [7, 11) is -4.52. The molecule has 1 N–H and O–H groups in total. The predicted octanol–water partition coefficient (Wildman–Crippen LogP) is 10.9. The number of benzene rings is 5. The molecule has 328 valence electrons. The number of rotatable bonds is 16. The van der Waals surface area contributed by atoms with Crippen molar-refractivity contribution in [1.82, 2.24) is 9.55 Å². The molecule has 62 heavy (non-hydrogen) atoms. The van der Waals surface area contributed by atoms with Crippen LogP contribution in [0, 0.1) is 0 Å². The minimum absolute atomic E-state index is 0.00695. The van der Waals surface area contributed by atoms with Gasteiger partial charge in [-0.05, 0) is 65.6 Å². The van der Waals surface area contributed by atoms with Gasteiger partial charge in [0.2, 0.25) is 7.59 Å². The molecule has 5 aromatic carbocycles. The van der Waals surface area contributed by atoms with Crippen LogP contribution in [0.15, 0.2) is 97.2 Å². The van der Waals surface area contributed by atoms with Crippen molar-refractivity contribution >= 4 is 123 Å². The van der Waals surface area contributed by atoms with Crippen molar-refractivity contribution in [3.05, 3.63) is 103 Å². The fourth-order valence-corrected chi connectivity index (χ4v) is 9.07. The SMILES string of the molecule is COc1ccc(-c2cn(CCc3ccc(OS(=O)(=O)OCC(Cl)(Cl)Cl)cc3)c3c(-c4ccc(OC)cc4)c(OC)c4[nH]c5c(OS(=O)(=O)OCC(Cl)(Cl)Cl)cccc5c4c23)cc1. The molecule has 0 spiro atoms. The number of aromatic amines is 1. The van der Waals surface area contributed by atoms with Crippen LogP contribution >= 0.6 is 69.6 Å². The lowest BCUT2D eigenvalue weighted by atomic mass is 9.94. The molecule has 0 atom stereocenters. The highest BCUT2D eigenvalue weighted by Crippen LogP contribution is 2.51. The summed E-state index contributed by atoms with van der Waals surface area (Å²) in [5, 5.41) is 2.12. The number of methoxy groups -OCH3 is 3. The van der Waals surface area contributed by atoms with Crippen LogP contribution in [0.4, 0.5) is 0 Å². The lowest BCUT2D eigenvalue weighted by molar-refractivity contribution is 0.278. The van der Waals surface area contributed by atoms with Crippen molar-refractivity contribution in [3.8, 4) is 51.0 Å². The molecule has 0 bridgehead atoms. The average molecular weight is 1010 g/mol. The maximum Gasteiger partial charge on any atom is 0.449 e. The Hall–Kier alpha value is -4.00. The van der Waals surface area contributed by atoms with Gasteiger partial charge in [-0.2, -0.15) is 16.8 Å². The summed E-state index contributed by atoms with van der Waals surface area (Å²) in [4.78, 5) is 3.40. The third-order valence-corrected chi connectivity index (χ3v) is 11.7. The molecule has 0 fully saturated rings. The molecule has 0 aliphatic rings. The molecular formula is C41H34Cl6N2O11S2. The van der Waals surface area contributed by atoms with Crippen molar-refractivity contribution in [1.29, 1.82) is 0 Å². The monoisotopic (exact) mass is 1000 g/mol. The number of aryl methyl sites for hydroxylation is 2. The van der Waals surface area contributed by atoms with E-state index in [1.165, 1.54) is 18.2 Å². The Labute approximate surface area is 386 Å². The van der Waals surface area contributed by atoms with Crippen LogP contribution < -0.4 is 22.6 Å². The maximum atomic E-state index is 13.0. The van der Waals surface area contributed by atoms with E-state index in [1.807, 2.05) is 60.8 Å². The minimum Gasteiger partial charge on any atom is -0.497 e. The third kappa shape index (κ3) is 10.5. The van der Waals surface area contributed by atoms with Crippen LogP contribution in [-0.4, -0.2) is 68.5 Å². The van der Waals surface area contributed by atoms with Crippen molar-refractivity contribution in [3.63, 3.8) is 0 Å². The van der Waals surface area contributed by atoms with Gasteiger partial charge in [-0.3, -0.25) is 0 Å². The van der Waals surface area contributed by atoms with Gasteiger partial charge in [-0.25, -0.2) is 8.37 Å². The quantitative estimate of drug-likeness (QED) is 0.0920. The molecule has 2 heterocycles. The summed E-state index contributed by atoms with van der Waals surface area (Å²) in [5.74, 6) is 1.67.